The molecule has 1 atom stereocenters. The zero-order valence-corrected chi connectivity index (χ0v) is 21.7. The second-order valence-electron chi connectivity index (χ2n) is 8.63. The predicted molar refractivity (Wildman–Crippen MR) is 135 cm³/mol. The fourth-order valence-electron chi connectivity index (χ4n) is 3.24. The predicted octanol–water partition coefficient (Wildman–Crippen LogP) is 4.68. The molecule has 0 saturated carbocycles. The second kappa shape index (κ2) is 10.4. The van der Waals surface area contributed by atoms with Crippen molar-refractivity contribution in [1.82, 2.24) is 9.66 Å². The highest BCUT2D eigenvalue weighted by Gasteiger charge is 2.23. The molecule has 2 aromatic carbocycles. The summed E-state index contributed by atoms with van der Waals surface area (Å²) in [5.74, 6) is 0.908. The Balaban J connectivity index is 2.05. The molecule has 8 nitrogen and oxygen atoms in total. The standard InChI is InChI=1S/C25H28BrN3O5/c1-7-33-21-12-16(8-11-20(21)34-15(2)23(31)32-6)14-27-29-22(30)18-13-17(26)9-10-19(18)28-24(29)25(3,4)5/h8-15H,7H2,1-6H3/t15-/m0/s1. The molecule has 0 aliphatic rings. The molecule has 0 bridgehead atoms. The maximum absolute atomic E-state index is 13.3. The Labute approximate surface area is 206 Å². The minimum absolute atomic E-state index is 0.260. The number of nitrogens with zero attached hydrogens (tertiary/aromatic N) is 3. The van der Waals surface area contributed by atoms with Crippen LogP contribution in [0.5, 0.6) is 11.5 Å². The van der Waals surface area contributed by atoms with Crippen LogP contribution in [0.25, 0.3) is 10.9 Å². The summed E-state index contributed by atoms with van der Waals surface area (Å²) in [6, 6.07) is 10.6. The largest absolute Gasteiger partial charge is 0.490 e. The Morgan fingerprint density at radius 2 is 1.94 bits per heavy atom. The van der Waals surface area contributed by atoms with Crippen molar-refractivity contribution in [1.29, 1.82) is 0 Å². The van der Waals surface area contributed by atoms with E-state index in [2.05, 4.69) is 21.0 Å². The number of carbonyl (C=O) groups excluding carboxylic acids is 1. The van der Waals surface area contributed by atoms with Gasteiger partial charge in [0.15, 0.2) is 17.6 Å². The Morgan fingerprint density at radius 3 is 2.59 bits per heavy atom. The van der Waals surface area contributed by atoms with E-state index in [1.807, 2.05) is 39.8 Å². The van der Waals surface area contributed by atoms with E-state index in [4.69, 9.17) is 19.2 Å². The Hall–Kier alpha value is -3.20. The number of fused-ring (bicyclic) bond motifs is 1. The van der Waals surface area contributed by atoms with Crippen molar-refractivity contribution >= 4 is 39.0 Å². The summed E-state index contributed by atoms with van der Waals surface area (Å²) in [4.78, 5) is 29.7. The van der Waals surface area contributed by atoms with Gasteiger partial charge < -0.3 is 14.2 Å². The summed E-state index contributed by atoms with van der Waals surface area (Å²) in [6.45, 7) is 9.79. The van der Waals surface area contributed by atoms with Crippen LogP contribution >= 0.6 is 15.9 Å². The number of carbonyl (C=O) groups is 1. The first-order valence-corrected chi connectivity index (χ1v) is 11.6. The van der Waals surface area contributed by atoms with Crippen LogP contribution < -0.4 is 15.0 Å². The maximum Gasteiger partial charge on any atom is 0.346 e. The van der Waals surface area contributed by atoms with Crippen LogP contribution in [0.4, 0.5) is 0 Å². The molecule has 3 rings (SSSR count). The van der Waals surface area contributed by atoms with Crippen molar-refractivity contribution in [2.24, 2.45) is 5.10 Å². The first-order chi connectivity index (χ1) is 16.0. The fraction of sp³-hybridized carbons (Fsp3) is 0.360. The Morgan fingerprint density at radius 1 is 1.21 bits per heavy atom. The molecule has 0 radical (unpaired) electrons. The molecule has 1 aromatic heterocycles. The quantitative estimate of drug-likeness (QED) is 0.326. The maximum atomic E-state index is 13.3. The Bertz CT molecular complexity index is 1290. The molecule has 3 aromatic rings. The lowest BCUT2D eigenvalue weighted by atomic mass is 9.95. The first-order valence-electron chi connectivity index (χ1n) is 10.8. The van der Waals surface area contributed by atoms with Crippen molar-refractivity contribution < 1.29 is 19.0 Å². The van der Waals surface area contributed by atoms with Gasteiger partial charge in [-0.25, -0.2) is 9.78 Å². The summed E-state index contributed by atoms with van der Waals surface area (Å²) in [7, 11) is 1.30. The van der Waals surface area contributed by atoms with E-state index in [0.717, 1.165) is 4.47 Å². The number of hydrogen-bond donors (Lipinski definition) is 0. The molecular weight excluding hydrogens is 502 g/mol. The van der Waals surface area contributed by atoms with Crippen molar-refractivity contribution in [2.45, 2.75) is 46.1 Å². The molecule has 0 aliphatic carbocycles. The molecule has 1 heterocycles. The number of halogens is 1. The van der Waals surface area contributed by atoms with E-state index in [1.165, 1.54) is 11.8 Å². The molecule has 0 unspecified atom stereocenters. The van der Waals surface area contributed by atoms with Crippen LogP contribution in [0, 0.1) is 0 Å². The normalized spacial score (nSPS) is 12.7. The van der Waals surface area contributed by atoms with Crippen LogP contribution in [-0.2, 0) is 14.9 Å². The topological polar surface area (TPSA) is 92.0 Å². The van der Waals surface area contributed by atoms with Crippen LogP contribution in [0.1, 0.15) is 46.0 Å². The van der Waals surface area contributed by atoms with E-state index in [1.54, 1.807) is 37.4 Å². The lowest BCUT2D eigenvalue weighted by Crippen LogP contribution is -2.29. The molecule has 0 saturated heterocycles. The second-order valence-corrected chi connectivity index (χ2v) is 9.55. The lowest BCUT2D eigenvalue weighted by Gasteiger charge is -2.21. The summed E-state index contributed by atoms with van der Waals surface area (Å²) in [5, 5.41) is 4.95. The first kappa shape index (κ1) is 25.4. The third-order valence-electron chi connectivity index (χ3n) is 4.91. The van der Waals surface area contributed by atoms with Crippen LogP contribution in [0.3, 0.4) is 0 Å². The molecule has 0 N–H and O–H groups in total. The Kier molecular flexibility index (Phi) is 7.76. The van der Waals surface area contributed by atoms with Gasteiger partial charge in [0.05, 0.1) is 30.8 Å². The van der Waals surface area contributed by atoms with Crippen molar-refractivity contribution in [2.75, 3.05) is 13.7 Å². The molecule has 0 aliphatic heterocycles. The lowest BCUT2D eigenvalue weighted by molar-refractivity contribution is -0.147. The highest BCUT2D eigenvalue weighted by atomic mass is 79.9. The molecular formula is C25H28BrN3O5. The smallest absolute Gasteiger partial charge is 0.346 e. The number of aromatic nitrogens is 2. The number of esters is 1. The minimum Gasteiger partial charge on any atom is -0.490 e. The van der Waals surface area contributed by atoms with Gasteiger partial charge in [0.2, 0.25) is 0 Å². The van der Waals surface area contributed by atoms with E-state index < -0.39 is 17.5 Å². The van der Waals surface area contributed by atoms with Crippen LogP contribution in [0.15, 0.2) is 50.8 Å². The number of benzene rings is 2. The van der Waals surface area contributed by atoms with Gasteiger partial charge in [-0.05, 0) is 55.8 Å². The third kappa shape index (κ3) is 5.64. The molecule has 180 valence electrons. The van der Waals surface area contributed by atoms with Gasteiger partial charge in [-0.3, -0.25) is 4.79 Å². The molecule has 0 amide bonds. The monoisotopic (exact) mass is 529 g/mol. The summed E-state index contributed by atoms with van der Waals surface area (Å²) < 4.78 is 18.2. The summed E-state index contributed by atoms with van der Waals surface area (Å²) >= 11 is 3.42. The van der Waals surface area contributed by atoms with E-state index in [9.17, 15) is 9.59 Å². The molecule has 0 fully saturated rings. The van der Waals surface area contributed by atoms with Gasteiger partial charge in [-0.15, -0.1) is 0 Å². The zero-order chi connectivity index (χ0) is 25.0. The van der Waals surface area contributed by atoms with Gasteiger partial charge in [0, 0.05) is 9.89 Å². The van der Waals surface area contributed by atoms with Gasteiger partial charge in [-0.2, -0.15) is 9.78 Å². The van der Waals surface area contributed by atoms with E-state index in [0.29, 0.717) is 40.4 Å². The van der Waals surface area contributed by atoms with Crippen molar-refractivity contribution in [3.8, 4) is 11.5 Å². The van der Waals surface area contributed by atoms with Gasteiger partial charge >= 0.3 is 5.97 Å². The highest BCUT2D eigenvalue weighted by Crippen LogP contribution is 2.29. The van der Waals surface area contributed by atoms with Crippen molar-refractivity contribution in [3.05, 3.63) is 62.6 Å². The average Bonchev–Trinajstić information content (AvgIpc) is 2.79. The number of ether oxygens (including phenoxy) is 3. The third-order valence-corrected chi connectivity index (χ3v) is 5.40. The average molecular weight is 530 g/mol. The fourth-order valence-corrected chi connectivity index (χ4v) is 3.60. The number of hydrogen-bond acceptors (Lipinski definition) is 7. The van der Waals surface area contributed by atoms with E-state index >= 15 is 0 Å². The molecule has 0 spiro atoms. The van der Waals surface area contributed by atoms with E-state index in [-0.39, 0.29) is 5.56 Å². The molecule has 34 heavy (non-hydrogen) atoms. The summed E-state index contributed by atoms with van der Waals surface area (Å²) in [6.07, 6.45) is 0.776. The van der Waals surface area contributed by atoms with Gasteiger partial charge in [-0.1, -0.05) is 36.7 Å². The zero-order valence-electron chi connectivity index (χ0n) is 20.1. The molecule has 9 heteroatoms. The SMILES string of the molecule is CCOc1cc(C=Nn2c(C(C)(C)C)nc3ccc(Br)cc3c2=O)ccc1O[C@@H](C)C(=O)OC. The number of rotatable bonds is 7. The highest BCUT2D eigenvalue weighted by molar-refractivity contribution is 9.10. The van der Waals surface area contributed by atoms with Gasteiger partial charge in [0.25, 0.3) is 5.56 Å². The van der Waals surface area contributed by atoms with Crippen molar-refractivity contribution in [3.63, 3.8) is 0 Å². The van der Waals surface area contributed by atoms with Crippen LogP contribution in [-0.4, -0.2) is 41.7 Å². The van der Waals surface area contributed by atoms with Gasteiger partial charge in [0.1, 0.15) is 5.82 Å². The number of methoxy groups -OCH3 is 1. The minimum atomic E-state index is -0.792. The summed E-state index contributed by atoms with van der Waals surface area (Å²) in [5.41, 5.74) is 0.618. The van der Waals surface area contributed by atoms with Crippen LogP contribution in [0.2, 0.25) is 0 Å².